The maximum Gasteiger partial charge on any atom is 0.146 e. The van der Waals surface area contributed by atoms with Crippen LogP contribution >= 0.6 is 0 Å². The van der Waals surface area contributed by atoms with Gasteiger partial charge >= 0.3 is 0 Å². The maximum atomic E-state index is 5.27. The van der Waals surface area contributed by atoms with Gasteiger partial charge in [-0.25, -0.2) is 0 Å². The van der Waals surface area contributed by atoms with Crippen LogP contribution in [0.4, 0.5) is 0 Å². The van der Waals surface area contributed by atoms with Crippen molar-refractivity contribution >= 4 is 0 Å². The van der Waals surface area contributed by atoms with Gasteiger partial charge < -0.3 is 9.47 Å². The molecule has 0 saturated carbocycles. The van der Waals surface area contributed by atoms with Crippen LogP contribution in [0.3, 0.4) is 0 Å². The summed E-state index contributed by atoms with van der Waals surface area (Å²) in [7, 11) is 1.67. The van der Waals surface area contributed by atoms with Gasteiger partial charge in [-0.3, -0.25) is 0 Å². The molecule has 0 fully saturated rings. The van der Waals surface area contributed by atoms with Crippen LogP contribution in [0, 0.1) is 0 Å². The number of ether oxygens (including phenoxy) is 2. The highest BCUT2D eigenvalue weighted by molar-refractivity contribution is 4.81. The number of unbranched alkanes of at least 4 members (excludes halogenated alkanes) is 12. The largest absolute Gasteiger partial charge is 0.359 e. The fraction of sp³-hybridized carbons (Fsp3) is 0.900. The molecular weight excluding hydrogens is 272 g/mol. The molecular formula is C20H40O2. The van der Waals surface area contributed by atoms with Gasteiger partial charge in [-0.05, 0) is 25.7 Å². The van der Waals surface area contributed by atoms with Crippen molar-refractivity contribution < 1.29 is 9.47 Å². The van der Waals surface area contributed by atoms with Crippen molar-refractivity contribution in [2.75, 3.05) is 20.5 Å². The van der Waals surface area contributed by atoms with E-state index in [1.807, 2.05) is 0 Å². The van der Waals surface area contributed by atoms with E-state index >= 15 is 0 Å². The van der Waals surface area contributed by atoms with Gasteiger partial charge in [0, 0.05) is 13.7 Å². The summed E-state index contributed by atoms with van der Waals surface area (Å²) >= 11 is 0. The van der Waals surface area contributed by atoms with Gasteiger partial charge in [-0.15, -0.1) is 0 Å². The SMILES string of the molecule is CCCC/C=C/CCCCCCCCCCCCOCOC. The summed E-state index contributed by atoms with van der Waals surface area (Å²) in [6.45, 7) is 3.54. The minimum Gasteiger partial charge on any atom is -0.359 e. The first-order valence-electron chi connectivity index (χ1n) is 9.63. The number of methoxy groups -OCH3 is 1. The molecule has 0 aromatic heterocycles. The molecule has 0 rings (SSSR count). The van der Waals surface area contributed by atoms with Gasteiger partial charge in [0.1, 0.15) is 6.79 Å². The topological polar surface area (TPSA) is 18.5 Å². The molecule has 0 amide bonds. The van der Waals surface area contributed by atoms with Crippen molar-refractivity contribution in [3.63, 3.8) is 0 Å². The molecule has 0 aromatic carbocycles. The Morgan fingerprint density at radius 3 is 1.68 bits per heavy atom. The van der Waals surface area contributed by atoms with E-state index < -0.39 is 0 Å². The van der Waals surface area contributed by atoms with Crippen LogP contribution < -0.4 is 0 Å². The lowest BCUT2D eigenvalue weighted by Crippen LogP contribution is -1.98. The lowest BCUT2D eigenvalue weighted by Gasteiger charge is -2.03. The standard InChI is InChI=1S/C20H40O2/c1-3-4-5-6-7-8-9-10-11-12-13-14-15-16-17-18-19-22-20-21-2/h6-7H,3-5,8-20H2,1-2H3/b7-6+. The zero-order chi connectivity index (χ0) is 16.1. The third-order valence-electron chi connectivity index (χ3n) is 4.00. The number of rotatable bonds is 18. The molecule has 0 unspecified atom stereocenters. The van der Waals surface area contributed by atoms with Gasteiger partial charge in [0.15, 0.2) is 0 Å². The Morgan fingerprint density at radius 1 is 0.636 bits per heavy atom. The van der Waals surface area contributed by atoms with Crippen LogP contribution in [-0.2, 0) is 9.47 Å². The van der Waals surface area contributed by atoms with Gasteiger partial charge in [0.2, 0.25) is 0 Å². The summed E-state index contributed by atoms with van der Waals surface area (Å²) in [6.07, 6.45) is 23.7. The summed E-state index contributed by atoms with van der Waals surface area (Å²) < 4.78 is 10.1. The van der Waals surface area contributed by atoms with Crippen LogP contribution in [0.15, 0.2) is 12.2 Å². The fourth-order valence-corrected chi connectivity index (χ4v) is 2.58. The van der Waals surface area contributed by atoms with E-state index in [4.69, 9.17) is 9.47 Å². The number of hydrogen-bond acceptors (Lipinski definition) is 2. The molecule has 0 radical (unpaired) electrons. The normalized spacial score (nSPS) is 11.5. The van der Waals surface area contributed by atoms with Gasteiger partial charge in [0.25, 0.3) is 0 Å². The average molecular weight is 313 g/mol. The van der Waals surface area contributed by atoms with Crippen molar-refractivity contribution in [2.45, 2.75) is 96.8 Å². The molecule has 0 N–H and O–H groups in total. The van der Waals surface area contributed by atoms with Crippen LogP contribution in [0.1, 0.15) is 96.8 Å². The van der Waals surface area contributed by atoms with E-state index in [1.54, 1.807) is 7.11 Å². The van der Waals surface area contributed by atoms with Gasteiger partial charge in [-0.2, -0.15) is 0 Å². The molecule has 132 valence electrons. The second kappa shape index (κ2) is 20.7. The maximum absolute atomic E-state index is 5.27. The van der Waals surface area contributed by atoms with E-state index in [-0.39, 0.29) is 0 Å². The van der Waals surface area contributed by atoms with Crippen molar-refractivity contribution in [1.82, 2.24) is 0 Å². The molecule has 2 nitrogen and oxygen atoms in total. The summed E-state index contributed by atoms with van der Waals surface area (Å²) in [5, 5.41) is 0. The Morgan fingerprint density at radius 2 is 1.14 bits per heavy atom. The third kappa shape index (κ3) is 19.7. The van der Waals surface area contributed by atoms with Crippen LogP contribution in [0.5, 0.6) is 0 Å². The Bertz CT molecular complexity index is 214. The average Bonchev–Trinajstić information content (AvgIpc) is 2.54. The first kappa shape index (κ1) is 21.7. The second-order valence-electron chi connectivity index (χ2n) is 6.25. The van der Waals surface area contributed by atoms with Crippen LogP contribution in [0.25, 0.3) is 0 Å². The molecule has 22 heavy (non-hydrogen) atoms. The Hall–Kier alpha value is -0.340. The molecule has 0 atom stereocenters. The molecule has 2 heteroatoms. The van der Waals surface area contributed by atoms with E-state index in [0.717, 1.165) is 6.61 Å². The number of hydrogen-bond donors (Lipinski definition) is 0. The minimum absolute atomic E-state index is 0.439. The lowest BCUT2D eigenvalue weighted by molar-refractivity contribution is -0.0315. The molecule has 0 aliphatic heterocycles. The van der Waals surface area contributed by atoms with Crippen LogP contribution in [0.2, 0.25) is 0 Å². The van der Waals surface area contributed by atoms with Crippen molar-refractivity contribution in [3.05, 3.63) is 12.2 Å². The molecule has 0 saturated heterocycles. The minimum atomic E-state index is 0.439. The van der Waals surface area contributed by atoms with Crippen molar-refractivity contribution in [1.29, 1.82) is 0 Å². The molecule has 0 aliphatic rings. The monoisotopic (exact) mass is 312 g/mol. The van der Waals surface area contributed by atoms with Gasteiger partial charge in [-0.1, -0.05) is 83.3 Å². The van der Waals surface area contributed by atoms with E-state index in [9.17, 15) is 0 Å². The smallest absolute Gasteiger partial charge is 0.146 e. The molecule has 0 heterocycles. The predicted octanol–water partition coefficient (Wildman–Crippen LogP) is 6.64. The van der Waals surface area contributed by atoms with Crippen molar-refractivity contribution in [2.24, 2.45) is 0 Å². The summed E-state index contributed by atoms with van der Waals surface area (Å²) in [5.74, 6) is 0. The molecule has 0 aliphatic carbocycles. The zero-order valence-corrected chi connectivity index (χ0v) is 15.3. The quantitative estimate of drug-likeness (QED) is 0.160. The van der Waals surface area contributed by atoms with E-state index in [2.05, 4.69) is 19.1 Å². The molecule has 0 spiro atoms. The first-order valence-corrected chi connectivity index (χ1v) is 9.63. The fourth-order valence-electron chi connectivity index (χ4n) is 2.58. The lowest BCUT2D eigenvalue weighted by atomic mass is 10.1. The highest BCUT2D eigenvalue weighted by Gasteiger charge is 1.93. The van der Waals surface area contributed by atoms with Gasteiger partial charge in [0.05, 0.1) is 0 Å². The molecule has 0 bridgehead atoms. The summed E-state index contributed by atoms with van der Waals surface area (Å²) in [5.41, 5.74) is 0. The first-order chi connectivity index (χ1) is 10.9. The second-order valence-corrected chi connectivity index (χ2v) is 6.25. The zero-order valence-electron chi connectivity index (χ0n) is 15.3. The Balaban J connectivity index is 2.98. The highest BCUT2D eigenvalue weighted by atomic mass is 16.7. The summed E-state index contributed by atoms with van der Waals surface area (Å²) in [4.78, 5) is 0. The van der Waals surface area contributed by atoms with E-state index in [0.29, 0.717) is 6.79 Å². The van der Waals surface area contributed by atoms with Crippen LogP contribution in [-0.4, -0.2) is 20.5 Å². The summed E-state index contributed by atoms with van der Waals surface area (Å²) in [6, 6.07) is 0. The number of allylic oxidation sites excluding steroid dienone is 2. The third-order valence-corrected chi connectivity index (χ3v) is 4.00. The molecule has 0 aromatic rings. The highest BCUT2D eigenvalue weighted by Crippen LogP contribution is 2.11. The Kier molecular flexibility index (Phi) is 20.3. The van der Waals surface area contributed by atoms with Crippen molar-refractivity contribution in [3.8, 4) is 0 Å². The van der Waals surface area contributed by atoms with E-state index in [1.165, 1.54) is 89.9 Å². The predicted molar refractivity (Wildman–Crippen MR) is 97.3 cm³/mol. The Labute approximate surface area is 139 Å².